The van der Waals surface area contributed by atoms with Gasteiger partial charge in [-0.15, -0.1) is 5.10 Å². The molecule has 0 atom stereocenters. The number of imidazole rings is 1. The molecule has 0 radical (unpaired) electrons. The Morgan fingerprint density at radius 1 is 1.40 bits per heavy atom. The maximum Gasteiger partial charge on any atom is 0.209 e. The second-order valence-electron chi connectivity index (χ2n) is 4.21. The molecule has 0 spiro atoms. The SMILES string of the molecule is COCCNCCn1nnnc1SCc1cncn1C. The van der Waals surface area contributed by atoms with Crippen molar-refractivity contribution in [1.82, 2.24) is 35.1 Å². The first-order valence-electron chi connectivity index (χ1n) is 6.35. The van der Waals surface area contributed by atoms with Crippen LogP contribution in [-0.4, -0.2) is 56.6 Å². The fraction of sp³-hybridized carbons (Fsp3) is 0.636. The topological polar surface area (TPSA) is 82.7 Å². The number of nitrogens with one attached hydrogen (secondary N) is 1. The van der Waals surface area contributed by atoms with Crippen LogP contribution in [0.3, 0.4) is 0 Å². The highest BCUT2D eigenvalue weighted by Gasteiger charge is 2.08. The fourth-order valence-electron chi connectivity index (χ4n) is 1.59. The van der Waals surface area contributed by atoms with Crippen molar-refractivity contribution in [2.75, 3.05) is 26.8 Å². The number of thioether (sulfide) groups is 1. The van der Waals surface area contributed by atoms with Crippen LogP contribution in [0.2, 0.25) is 0 Å². The lowest BCUT2D eigenvalue weighted by molar-refractivity contribution is 0.199. The van der Waals surface area contributed by atoms with E-state index in [0.29, 0.717) is 6.61 Å². The molecule has 0 saturated heterocycles. The van der Waals surface area contributed by atoms with Crippen molar-refractivity contribution in [3.8, 4) is 0 Å². The second-order valence-corrected chi connectivity index (χ2v) is 5.15. The summed E-state index contributed by atoms with van der Waals surface area (Å²) < 4.78 is 8.77. The van der Waals surface area contributed by atoms with Gasteiger partial charge in [0.25, 0.3) is 0 Å². The molecule has 0 fully saturated rings. The predicted octanol–water partition coefficient (Wildman–Crippen LogP) is -0.0651. The molecule has 2 heterocycles. The van der Waals surface area contributed by atoms with E-state index < -0.39 is 0 Å². The molecule has 1 N–H and O–H groups in total. The summed E-state index contributed by atoms with van der Waals surface area (Å²) in [5, 5.41) is 15.9. The van der Waals surface area contributed by atoms with Crippen LogP contribution in [0.5, 0.6) is 0 Å². The van der Waals surface area contributed by atoms with E-state index >= 15 is 0 Å². The average Bonchev–Trinajstić information content (AvgIpc) is 3.05. The quantitative estimate of drug-likeness (QED) is 0.512. The Labute approximate surface area is 121 Å². The van der Waals surface area contributed by atoms with Crippen molar-refractivity contribution in [2.24, 2.45) is 7.05 Å². The molecular weight excluding hydrogens is 278 g/mol. The van der Waals surface area contributed by atoms with Crippen LogP contribution in [0.25, 0.3) is 0 Å². The van der Waals surface area contributed by atoms with Gasteiger partial charge in [-0.1, -0.05) is 11.8 Å². The smallest absolute Gasteiger partial charge is 0.209 e. The zero-order valence-corrected chi connectivity index (χ0v) is 12.5. The summed E-state index contributed by atoms with van der Waals surface area (Å²) in [5.41, 5.74) is 1.14. The minimum atomic E-state index is 0.706. The average molecular weight is 297 g/mol. The number of hydrogen-bond donors (Lipinski definition) is 1. The third-order valence-electron chi connectivity index (χ3n) is 2.75. The number of rotatable bonds is 9. The minimum absolute atomic E-state index is 0.706. The van der Waals surface area contributed by atoms with E-state index in [2.05, 4.69) is 25.8 Å². The largest absolute Gasteiger partial charge is 0.383 e. The van der Waals surface area contributed by atoms with Gasteiger partial charge in [0.1, 0.15) is 0 Å². The molecule has 0 aliphatic heterocycles. The molecule has 20 heavy (non-hydrogen) atoms. The van der Waals surface area contributed by atoms with E-state index in [1.165, 1.54) is 0 Å². The minimum Gasteiger partial charge on any atom is -0.383 e. The molecule has 8 nitrogen and oxygen atoms in total. The Bertz CT molecular complexity index is 512. The van der Waals surface area contributed by atoms with Gasteiger partial charge in [-0.05, 0) is 10.4 Å². The molecule has 0 amide bonds. The number of hydrogen-bond acceptors (Lipinski definition) is 7. The predicted molar refractivity (Wildman–Crippen MR) is 75.3 cm³/mol. The van der Waals surface area contributed by atoms with Crippen LogP contribution in [0.1, 0.15) is 5.69 Å². The van der Waals surface area contributed by atoms with Crippen LogP contribution in [-0.2, 0) is 24.1 Å². The molecule has 2 aromatic heterocycles. The number of aryl methyl sites for hydroxylation is 1. The number of tetrazole rings is 1. The molecule has 2 aromatic rings. The van der Waals surface area contributed by atoms with Gasteiger partial charge in [-0.25, -0.2) is 9.67 Å². The van der Waals surface area contributed by atoms with Crippen molar-refractivity contribution >= 4 is 11.8 Å². The van der Waals surface area contributed by atoms with E-state index in [1.807, 2.05) is 17.8 Å². The molecule has 110 valence electrons. The van der Waals surface area contributed by atoms with Crippen LogP contribution < -0.4 is 5.32 Å². The first kappa shape index (κ1) is 14.9. The fourth-order valence-corrected chi connectivity index (χ4v) is 2.51. The zero-order valence-electron chi connectivity index (χ0n) is 11.7. The summed E-state index contributed by atoms with van der Waals surface area (Å²) in [4.78, 5) is 4.09. The summed E-state index contributed by atoms with van der Waals surface area (Å²) in [6.45, 7) is 3.09. The van der Waals surface area contributed by atoms with Gasteiger partial charge in [0.05, 0.1) is 19.5 Å². The third-order valence-corrected chi connectivity index (χ3v) is 3.74. The first-order chi connectivity index (χ1) is 9.81. The van der Waals surface area contributed by atoms with E-state index in [-0.39, 0.29) is 0 Å². The highest BCUT2D eigenvalue weighted by Crippen LogP contribution is 2.18. The maximum atomic E-state index is 4.97. The molecule has 0 bridgehead atoms. The Balaban J connectivity index is 1.78. The van der Waals surface area contributed by atoms with Gasteiger partial charge < -0.3 is 14.6 Å². The maximum absolute atomic E-state index is 4.97. The summed E-state index contributed by atoms with van der Waals surface area (Å²) in [5.74, 6) is 0.800. The van der Waals surface area contributed by atoms with Crippen molar-refractivity contribution < 1.29 is 4.74 Å². The molecule has 2 rings (SSSR count). The van der Waals surface area contributed by atoms with Gasteiger partial charge in [-0.3, -0.25) is 0 Å². The molecule has 0 unspecified atom stereocenters. The second kappa shape index (κ2) is 7.98. The third kappa shape index (κ3) is 4.29. The summed E-state index contributed by atoms with van der Waals surface area (Å²) in [6.07, 6.45) is 3.64. The van der Waals surface area contributed by atoms with Gasteiger partial charge >= 0.3 is 0 Å². The number of aromatic nitrogens is 6. The lowest BCUT2D eigenvalue weighted by Gasteiger charge is -2.06. The van der Waals surface area contributed by atoms with Crippen molar-refractivity contribution in [3.05, 3.63) is 18.2 Å². The molecule has 0 aromatic carbocycles. The zero-order chi connectivity index (χ0) is 14.2. The standard InChI is InChI=1S/C11H19N7OS/c1-17-9-13-7-10(17)8-20-11-14-15-16-18(11)5-3-12-4-6-19-2/h7,9,12H,3-6,8H2,1-2H3. The number of nitrogens with zero attached hydrogens (tertiary/aromatic N) is 6. The Morgan fingerprint density at radius 3 is 3.05 bits per heavy atom. The monoisotopic (exact) mass is 297 g/mol. The normalized spacial score (nSPS) is 11.1. The van der Waals surface area contributed by atoms with Crippen molar-refractivity contribution in [3.63, 3.8) is 0 Å². The highest BCUT2D eigenvalue weighted by atomic mass is 32.2. The lowest BCUT2D eigenvalue weighted by Crippen LogP contribution is -2.24. The summed E-state index contributed by atoms with van der Waals surface area (Å²) >= 11 is 1.61. The van der Waals surface area contributed by atoms with Crippen LogP contribution >= 0.6 is 11.8 Å². The Morgan fingerprint density at radius 2 is 2.30 bits per heavy atom. The van der Waals surface area contributed by atoms with Gasteiger partial charge in [0, 0.05) is 44.9 Å². The number of methoxy groups -OCH3 is 1. The van der Waals surface area contributed by atoms with Crippen LogP contribution in [0.15, 0.2) is 17.7 Å². The Hall–Kier alpha value is -1.45. The van der Waals surface area contributed by atoms with E-state index in [9.17, 15) is 0 Å². The number of ether oxygens (including phenoxy) is 1. The molecule has 0 aliphatic carbocycles. The molecule has 9 heteroatoms. The summed E-state index contributed by atoms with van der Waals surface area (Å²) in [6, 6.07) is 0. The first-order valence-corrected chi connectivity index (χ1v) is 7.33. The van der Waals surface area contributed by atoms with Gasteiger partial charge in [0.2, 0.25) is 5.16 Å². The molecule has 0 aliphatic rings. The van der Waals surface area contributed by atoms with Crippen molar-refractivity contribution in [2.45, 2.75) is 17.5 Å². The molecular formula is C11H19N7OS. The van der Waals surface area contributed by atoms with E-state index in [1.54, 1.807) is 29.9 Å². The highest BCUT2D eigenvalue weighted by molar-refractivity contribution is 7.98. The Kier molecular flexibility index (Phi) is 5.96. The van der Waals surface area contributed by atoms with Gasteiger partial charge in [0.15, 0.2) is 0 Å². The van der Waals surface area contributed by atoms with Gasteiger partial charge in [-0.2, -0.15) is 0 Å². The van der Waals surface area contributed by atoms with Crippen LogP contribution in [0.4, 0.5) is 0 Å². The van der Waals surface area contributed by atoms with E-state index in [4.69, 9.17) is 4.74 Å². The lowest BCUT2D eigenvalue weighted by atomic mass is 10.5. The van der Waals surface area contributed by atoms with Crippen LogP contribution in [0, 0.1) is 0 Å². The van der Waals surface area contributed by atoms with Crippen molar-refractivity contribution in [1.29, 1.82) is 0 Å². The van der Waals surface area contributed by atoms with E-state index in [0.717, 1.165) is 36.2 Å². The summed E-state index contributed by atoms with van der Waals surface area (Å²) in [7, 11) is 3.67. The molecule has 0 saturated carbocycles.